The van der Waals surface area contributed by atoms with Gasteiger partial charge >= 0.3 is 12.2 Å². The molecule has 2 atom stereocenters. The zero-order valence-corrected chi connectivity index (χ0v) is 14.4. The van der Waals surface area contributed by atoms with Crippen LogP contribution in [0.3, 0.4) is 0 Å². The molecule has 0 spiro atoms. The minimum atomic E-state index is -4.59. The lowest BCUT2D eigenvalue weighted by Crippen LogP contribution is -2.44. The second kappa shape index (κ2) is 7.30. The predicted octanol–water partition coefficient (Wildman–Crippen LogP) is 3.97. The Morgan fingerprint density at radius 3 is 2.33 bits per heavy atom. The van der Waals surface area contributed by atoms with Gasteiger partial charge in [-0.15, -0.1) is 0 Å². The molecule has 0 aromatic heterocycles. The third-order valence-electron chi connectivity index (χ3n) is 4.41. The standard InChI is InChI=1S/C19H18F3N3O2/c1-11-6-8-12(9-7-11)13-10-14(13)17(26)24-25-18(27)23-16-5-3-2-4-15(16)19(20,21)22/h2-9,13-14H,10H2,1H3,(H,24,26)(H2,23,25,27)/t13-,14+/m1/s1. The minimum absolute atomic E-state index is 0.0846. The van der Waals surface area contributed by atoms with Crippen LogP contribution >= 0.6 is 0 Å². The van der Waals surface area contributed by atoms with Crippen molar-refractivity contribution >= 4 is 17.6 Å². The second-order valence-electron chi connectivity index (χ2n) is 6.47. The van der Waals surface area contributed by atoms with Crippen LogP contribution in [0.15, 0.2) is 48.5 Å². The van der Waals surface area contributed by atoms with E-state index in [2.05, 4.69) is 16.2 Å². The van der Waals surface area contributed by atoms with E-state index in [0.717, 1.165) is 23.3 Å². The molecular weight excluding hydrogens is 359 g/mol. The lowest BCUT2D eigenvalue weighted by Gasteiger charge is -2.14. The van der Waals surface area contributed by atoms with E-state index in [1.165, 1.54) is 12.1 Å². The van der Waals surface area contributed by atoms with Gasteiger partial charge in [0.1, 0.15) is 0 Å². The number of alkyl halides is 3. The van der Waals surface area contributed by atoms with Gasteiger partial charge in [-0.25, -0.2) is 10.2 Å². The molecule has 0 saturated heterocycles. The Balaban J connectivity index is 1.52. The molecule has 0 bridgehead atoms. The van der Waals surface area contributed by atoms with Crippen molar-refractivity contribution in [3.05, 3.63) is 65.2 Å². The summed E-state index contributed by atoms with van der Waals surface area (Å²) in [6.45, 7) is 1.97. The summed E-state index contributed by atoms with van der Waals surface area (Å²) in [6, 6.07) is 11.5. The average Bonchev–Trinajstić information content (AvgIpc) is 3.41. The highest BCUT2D eigenvalue weighted by molar-refractivity contribution is 5.92. The number of urea groups is 1. The van der Waals surface area contributed by atoms with Gasteiger partial charge in [-0.2, -0.15) is 13.2 Å². The molecule has 1 fully saturated rings. The van der Waals surface area contributed by atoms with Gasteiger partial charge in [-0.3, -0.25) is 10.2 Å². The van der Waals surface area contributed by atoms with E-state index in [4.69, 9.17) is 0 Å². The second-order valence-corrected chi connectivity index (χ2v) is 6.47. The summed E-state index contributed by atoms with van der Waals surface area (Å²) in [5, 5.41) is 2.10. The largest absolute Gasteiger partial charge is 0.418 e. The number of anilines is 1. The van der Waals surface area contributed by atoms with Crippen LogP contribution in [0.1, 0.15) is 29.0 Å². The summed E-state index contributed by atoms with van der Waals surface area (Å²) >= 11 is 0. The number of hydrogen-bond acceptors (Lipinski definition) is 2. The Morgan fingerprint density at radius 2 is 1.67 bits per heavy atom. The first-order chi connectivity index (χ1) is 12.8. The van der Waals surface area contributed by atoms with Crippen LogP contribution in [-0.4, -0.2) is 11.9 Å². The van der Waals surface area contributed by atoms with Gasteiger partial charge in [0.15, 0.2) is 0 Å². The molecule has 142 valence electrons. The normalized spacial score (nSPS) is 18.5. The lowest BCUT2D eigenvalue weighted by atomic mass is 10.1. The van der Waals surface area contributed by atoms with Crippen molar-refractivity contribution in [2.75, 3.05) is 5.32 Å². The fraction of sp³-hybridized carbons (Fsp3) is 0.263. The molecule has 0 unspecified atom stereocenters. The van der Waals surface area contributed by atoms with Crippen molar-refractivity contribution < 1.29 is 22.8 Å². The quantitative estimate of drug-likeness (QED) is 0.709. The number of benzene rings is 2. The molecule has 2 aromatic rings. The Morgan fingerprint density at radius 1 is 1.00 bits per heavy atom. The summed E-state index contributed by atoms with van der Waals surface area (Å²) in [7, 11) is 0. The van der Waals surface area contributed by atoms with Crippen LogP contribution < -0.4 is 16.2 Å². The molecule has 8 heteroatoms. The van der Waals surface area contributed by atoms with E-state index in [0.29, 0.717) is 6.42 Å². The monoisotopic (exact) mass is 377 g/mol. The van der Waals surface area contributed by atoms with Crippen LogP contribution in [0.25, 0.3) is 0 Å². The third kappa shape index (κ3) is 4.58. The van der Waals surface area contributed by atoms with Gasteiger partial charge in [-0.1, -0.05) is 42.0 Å². The number of para-hydroxylation sites is 1. The van der Waals surface area contributed by atoms with E-state index < -0.39 is 17.8 Å². The van der Waals surface area contributed by atoms with E-state index >= 15 is 0 Å². The summed E-state index contributed by atoms with van der Waals surface area (Å²) in [5.41, 5.74) is 5.16. The number of carbonyl (C=O) groups excluding carboxylic acids is 2. The van der Waals surface area contributed by atoms with Gasteiger partial charge < -0.3 is 5.32 Å². The van der Waals surface area contributed by atoms with Crippen molar-refractivity contribution in [1.82, 2.24) is 10.9 Å². The molecule has 0 radical (unpaired) electrons. The van der Waals surface area contributed by atoms with Crippen LogP contribution in [-0.2, 0) is 11.0 Å². The van der Waals surface area contributed by atoms with Gasteiger partial charge in [0.05, 0.1) is 11.3 Å². The van der Waals surface area contributed by atoms with Gasteiger partial charge in [0.25, 0.3) is 0 Å². The first-order valence-corrected chi connectivity index (χ1v) is 8.35. The smallest absolute Gasteiger partial charge is 0.306 e. The number of halogens is 3. The first-order valence-electron chi connectivity index (χ1n) is 8.35. The van der Waals surface area contributed by atoms with Crippen molar-refractivity contribution in [2.45, 2.75) is 25.4 Å². The molecule has 1 aliphatic carbocycles. The number of nitrogens with one attached hydrogen (secondary N) is 3. The van der Waals surface area contributed by atoms with Crippen molar-refractivity contribution in [3.8, 4) is 0 Å². The number of carbonyl (C=O) groups is 2. The van der Waals surface area contributed by atoms with Crippen LogP contribution in [0, 0.1) is 12.8 Å². The summed E-state index contributed by atoms with van der Waals surface area (Å²) in [4.78, 5) is 23.9. The zero-order chi connectivity index (χ0) is 19.6. The van der Waals surface area contributed by atoms with Crippen molar-refractivity contribution in [3.63, 3.8) is 0 Å². The highest BCUT2D eigenvalue weighted by Gasteiger charge is 2.44. The minimum Gasteiger partial charge on any atom is -0.306 e. The number of aryl methyl sites for hydroxylation is 1. The zero-order valence-electron chi connectivity index (χ0n) is 14.4. The third-order valence-corrected chi connectivity index (χ3v) is 4.41. The summed E-state index contributed by atoms with van der Waals surface area (Å²) in [6.07, 6.45) is -3.93. The maximum Gasteiger partial charge on any atom is 0.418 e. The highest BCUT2D eigenvalue weighted by atomic mass is 19.4. The van der Waals surface area contributed by atoms with Gasteiger partial charge in [0.2, 0.25) is 5.91 Å². The van der Waals surface area contributed by atoms with Crippen LogP contribution in [0.5, 0.6) is 0 Å². The number of hydrazine groups is 1. The van der Waals surface area contributed by atoms with E-state index in [9.17, 15) is 22.8 Å². The van der Waals surface area contributed by atoms with Gasteiger partial charge in [-0.05, 0) is 37.0 Å². The number of hydrogen-bond donors (Lipinski definition) is 3. The summed E-state index contributed by atoms with van der Waals surface area (Å²) in [5.74, 6) is -0.559. The Hall–Kier alpha value is -3.03. The lowest BCUT2D eigenvalue weighted by molar-refractivity contribution is -0.137. The van der Waals surface area contributed by atoms with Crippen LogP contribution in [0.2, 0.25) is 0 Å². The molecule has 3 amide bonds. The highest BCUT2D eigenvalue weighted by Crippen LogP contribution is 2.47. The summed E-state index contributed by atoms with van der Waals surface area (Å²) < 4.78 is 38.7. The maximum atomic E-state index is 12.9. The molecule has 0 heterocycles. The molecule has 1 saturated carbocycles. The Labute approximate surface area is 153 Å². The van der Waals surface area contributed by atoms with E-state index in [1.807, 2.05) is 31.2 Å². The number of rotatable bonds is 3. The molecular formula is C19H18F3N3O2. The Kier molecular flexibility index (Phi) is 5.07. The van der Waals surface area contributed by atoms with E-state index in [1.54, 1.807) is 0 Å². The molecule has 1 aliphatic rings. The predicted molar refractivity (Wildman–Crippen MR) is 93.8 cm³/mol. The molecule has 3 rings (SSSR count). The van der Waals surface area contributed by atoms with Gasteiger partial charge in [0, 0.05) is 5.92 Å². The van der Waals surface area contributed by atoms with Crippen molar-refractivity contribution in [1.29, 1.82) is 0 Å². The van der Waals surface area contributed by atoms with Crippen LogP contribution in [0.4, 0.5) is 23.7 Å². The fourth-order valence-corrected chi connectivity index (χ4v) is 2.87. The van der Waals surface area contributed by atoms with Crippen molar-refractivity contribution in [2.24, 2.45) is 5.92 Å². The fourth-order valence-electron chi connectivity index (χ4n) is 2.87. The number of amides is 3. The molecule has 3 N–H and O–H groups in total. The SMILES string of the molecule is Cc1ccc([C@H]2C[C@@H]2C(=O)NNC(=O)Nc2ccccc2C(F)(F)F)cc1. The first kappa shape index (κ1) is 18.8. The average molecular weight is 377 g/mol. The molecule has 2 aromatic carbocycles. The molecule has 5 nitrogen and oxygen atoms in total. The topological polar surface area (TPSA) is 70.2 Å². The molecule has 0 aliphatic heterocycles. The maximum absolute atomic E-state index is 12.9. The molecule has 27 heavy (non-hydrogen) atoms. The Bertz CT molecular complexity index is 850. The van der Waals surface area contributed by atoms with E-state index in [-0.39, 0.29) is 23.4 Å².